The van der Waals surface area contributed by atoms with E-state index < -0.39 is 0 Å². The van der Waals surface area contributed by atoms with Crippen LogP contribution in [0.1, 0.15) is 27.8 Å². The fourth-order valence-electron chi connectivity index (χ4n) is 2.82. The number of aryl methyl sites for hydroxylation is 3. The Bertz CT molecular complexity index is 1010. The van der Waals surface area contributed by atoms with E-state index in [1.807, 2.05) is 56.3 Å². The second-order valence-electron chi connectivity index (χ2n) is 7.19. The van der Waals surface area contributed by atoms with Crippen LogP contribution in [-0.2, 0) is 11.4 Å². The summed E-state index contributed by atoms with van der Waals surface area (Å²) in [5.41, 5.74) is 7.83. The van der Waals surface area contributed by atoms with E-state index in [4.69, 9.17) is 9.47 Å². The SMILES string of the molecule is Cc1ccc(COc2ccc(/C=N/NC(=O)COc3ccc(C)cc3C)cc2)cc1. The van der Waals surface area contributed by atoms with Gasteiger partial charge in [-0.15, -0.1) is 0 Å². The van der Waals surface area contributed by atoms with Crippen molar-refractivity contribution in [3.63, 3.8) is 0 Å². The third-order valence-electron chi connectivity index (χ3n) is 4.50. The molecule has 0 aliphatic carbocycles. The van der Waals surface area contributed by atoms with Crippen LogP contribution in [-0.4, -0.2) is 18.7 Å². The molecule has 0 radical (unpaired) electrons. The summed E-state index contributed by atoms with van der Waals surface area (Å²) in [5, 5.41) is 3.98. The summed E-state index contributed by atoms with van der Waals surface area (Å²) in [7, 11) is 0. The van der Waals surface area contributed by atoms with Crippen LogP contribution in [0.2, 0.25) is 0 Å². The third kappa shape index (κ3) is 6.48. The van der Waals surface area contributed by atoms with Crippen molar-refractivity contribution in [3.05, 3.63) is 94.5 Å². The molecule has 0 saturated carbocycles. The molecule has 0 atom stereocenters. The Morgan fingerprint density at radius 2 is 1.60 bits per heavy atom. The molecule has 1 N–H and O–H groups in total. The minimum absolute atomic E-state index is 0.0902. The van der Waals surface area contributed by atoms with Gasteiger partial charge in [0.25, 0.3) is 5.91 Å². The second kappa shape index (κ2) is 10.3. The molecule has 0 unspecified atom stereocenters. The van der Waals surface area contributed by atoms with Gasteiger partial charge in [-0.3, -0.25) is 4.79 Å². The van der Waals surface area contributed by atoms with Gasteiger partial charge in [0.2, 0.25) is 0 Å². The van der Waals surface area contributed by atoms with E-state index in [9.17, 15) is 4.79 Å². The molecule has 0 heterocycles. The van der Waals surface area contributed by atoms with Gasteiger partial charge < -0.3 is 9.47 Å². The van der Waals surface area contributed by atoms with Gasteiger partial charge in [0.1, 0.15) is 18.1 Å². The topological polar surface area (TPSA) is 59.9 Å². The number of ether oxygens (including phenoxy) is 2. The molecule has 3 aromatic carbocycles. The van der Waals surface area contributed by atoms with Gasteiger partial charge in [-0.1, -0.05) is 47.5 Å². The van der Waals surface area contributed by atoms with E-state index in [0.29, 0.717) is 12.4 Å². The van der Waals surface area contributed by atoms with Crippen molar-refractivity contribution in [2.24, 2.45) is 5.10 Å². The summed E-state index contributed by atoms with van der Waals surface area (Å²) in [5.74, 6) is 1.16. The number of nitrogens with zero attached hydrogens (tertiary/aromatic N) is 1. The lowest BCUT2D eigenvalue weighted by molar-refractivity contribution is -0.123. The maximum Gasteiger partial charge on any atom is 0.277 e. The van der Waals surface area contributed by atoms with Crippen LogP contribution in [0.15, 0.2) is 71.8 Å². The predicted molar refractivity (Wildman–Crippen MR) is 119 cm³/mol. The standard InChI is InChI=1S/C25H26N2O3/c1-18-4-7-22(8-5-18)16-29-23-11-9-21(10-12-23)15-26-27-25(28)17-30-24-13-6-19(2)14-20(24)3/h4-15H,16-17H2,1-3H3,(H,27,28)/b26-15+. The Balaban J connectivity index is 1.43. The molecule has 0 aliphatic rings. The first-order chi connectivity index (χ1) is 14.5. The third-order valence-corrected chi connectivity index (χ3v) is 4.50. The summed E-state index contributed by atoms with van der Waals surface area (Å²) >= 11 is 0. The van der Waals surface area contributed by atoms with Gasteiger partial charge in [0.15, 0.2) is 6.61 Å². The molecule has 3 rings (SSSR count). The Morgan fingerprint density at radius 1 is 0.900 bits per heavy atom. The molecule has 0 aliphatic heterocycles. The lowest BCUT2D eigenvalue weighted by atomic mass is 10.1. The van der Waals surface area contributed by atoms with Gasteiger partial charge in [-0.2, -0.15) is 5.10 Å². The highest BCUT2D eigenvalue weighted by Gasteiger charge is 2.04. The summed E-state index contributed by atoms with van der Waals surface area (Å²) in [6.45, 7) is 6.45. The number of hydrazone groups is 1. The first kappa shape index (κ1) is 21.1. The van der Waals surface area contributed by atoms with E-state index in [0.717, 1.165) is 28.0 Å². The fraction of sp³-hybridized carbons (Fsp3) is 0.200. The molecular formula is C25H26N2O3. The molecule has 1 amide bonds. The number of nitrogens with one attached hydrogen (secondary N) is 1. The van der Waals surface area contributed by atoms with Crippen LogP contribution < -0.4 is 14.9 Å². The van der Waals surface area contributed by atoms with Gasteiger partial charge in [-0.25, -0.2) is 5.43 Å². The van der Waals surface area contributed by atoms with Crippen molar-refractivity contribution in [1.29, 1.82) is 0 Å². The monoisotopic (exact) mass is 402 g/mol. The molecular weight excluding hydrogens is 376 g/mol. The van der Waals surface area contributed by atoms with Crippen molar-refractivity contribution in [2.45, 2.75) is 27.4 Å². The predicted octanol–water partition coefficient (Wildman–Crippen LogP) is 4.72. The number of hydrogen-bond acceptors (Lipinski definition) is 4. The number of carbonyl (C=O) groups excluding carboxylic acids is 1. The first-order valence-corrected chi connectivity index (χ1v) is 9.80. The lowest BCUT2D eigenvalue weighted by Gasteiger charge is -2.08. The average Bonchev–Trinajstić information content (AvgIpc) is 2.74. The maximum absolute atomic E-state index is 11.9. The summed E-state index contributed by atoms with van der Waals surface area (Å²) in [4.78, 5) is 11.9. The number of rotatable bonds is 8. The molecule has 154 valence electrons. The largest absolute Gasteiger partial charge is 0.489 e. The fourth-order valence-corrected chi connectivity index (χ4v) is 2.82. The number of hydrogen-bond donors (Lipinski definition) is 1. The number of carbonyl (C=O) groups is 1. The Labute approximate surface area is 177 Å². The molecule has 30 heavy (non-hydrogen) atoms. The van der Waals surface area contributed by atoms with E-state index in [1.165, 1.54) is 5.56 Å². The summed E-state index contributed by atoms with van der Waals surface area (Å²) in [6, 6.07) is 21.6. The highest BCUT2D eigenvalue weighted by atomic mass is 16.5. The Morgan fingerprint density at radius 3 is 2.30 bits per heavy atom. The van der Waals surface area contributed by atoms with Crippen molar-refractivity contribution in [3.8, 4) is 11.5 Å². The van der Waals surface area contributed by atoms with Crippen LogP contribution in [0.3, 0.4) is 0 Å². The van der Waals surface area contributed by atoms with Crippen LogP contribution in [0.25, 0.3) is 0 Å². The van der Waals surface area contributed by atoms with Crippen LogP contribution in [0.5, 0.6) is 11.5 Å². The van der Waals surface area contributed by atoms with Gasteiger partial charge in [0.05, 0.1) is 6.21 Å². The highest BCUT2D eigenvalue weighted by Crippen LogP contribution is 2.18. The summed E-state index contributed by atoms with van der Waals surface area (Å²) in [6.07, 6.45) is 1.58. The molecule has 3 aromatic rings. The zero-order valence-corrected chi connectivity index (χ0v) is 17.5. The average molecular weight is 402 g/mol. The van der Waals surface area contributed by atoms with E-state index >= 15 is 0 Å². The zero-order chi connectivity index (χ0) is 21.3. The smallest absolute Gasteiger partial charge is 0.277 e. The minimum Gasteiger partial charge on any atom is -0.489 e. The second-order valence-corrected chi connectivity index (χ2v) is 7.19. The molecule has 0 aromatic heterocycles. The first-order valence-electron chi connectivity index (χ1n) is 9.80. The minimum atomic E-state index is -0.315. The normalized spacial score (nSPS) is 10.8. The van der Waals surface area contributed by atoms with Crippen molar-refractivity contribution >= 4 is 12.1 Å². The summed E-state index contributed by atoms with van der Waals surface area (Å²) < 4.78 is 11.3. The van der Waals surface area contributed by atoms with Crippen LogP contribution in [0.4, 0.5) is 0 Å². The van der Waals surface area contributed by atoms with Gasteiger partial charge in [-0.05, 0) is 67.8 Å². The Kier molecular flexibility index (Phi) is 7.22. The number of amides is 1. The lowest BCUT2D eigenvalue weighted by Crippen LogP contribution is -2.24. The van der Waals surface area contributed by atoms with Crippen molar-refractivity contribution < 1.29 is 14.3 Å². The molecule has 0 spiro atoms. The van der Waals surface area contributed by atoms with E-state index in [2.05, 4.69) is 41.7 Å². The van der Waals surface area contributed by atoms with E-state index in [1.54, 1.807) is 6.21 Å². The quantitative estimate of drug-likeness (QED) is 0.438. The molecule has 5 nitrogen and oxygen atoms in total. The van der Waals surface area contributed by atoms with E-state index in [-0.39, 0.29) is 12.5 Å². The highest BCUT2D eigenvalue weighted by molar-refractivity contribution is 5.83. The maximum atomic E-state index is 11.9. The number of benzene rings is 3. The van der Waals surface area contributed by atoms with Crippen molar-refractivity contribution in [2.75, 3.05) is 6.61 Å². The molecule has 5 heteroatoms. The van der Waals surface area contributed by atoms with Gasteiger partial charge in [0, 0.05) is 0 Å². The van der Waals surface area contributed by atoms with Crippen LogP contribution in [0, 0.1) is 20.8 Å². The molecule has 0 fully saturated rings. The van der Waals surface area contributed by atoms with Gasteiger partial charge >= 0.3 is 0 Å². The molecule has 0 bridgehead atoms. The molecule has 0 saturated heterocycles. The van der Waals surface area contributed by atoms with Crippen LogP contribution >= 0.6 is 0 Å². The zero-order valence-electron chi connectivity index (χ0n) is 17.5. The Hall–Kier alpha value is -3.60. The van der Waals surface area contributed by atoms with Crippen molar-refractivity contribution in [1.82, 2.24) is 5.43 Å².